The van der Waals surface area contributed by atoms with Crippen molar-refractivity contribution in [1.29, 1.82) is 0 Å². The SMILES string of the molecule is CCOc1cc2c(cc1C1C(CN)CCN1C)OC(C)C2. The largest absolute Gasteiger partial charge is 0.494 e. The molecule has 2 aliphatic heterocycles. The zero-order valence-electron chi connectivity index (χ0n) is 13.3. The van der Waals surface area contributed by atoms with Gasteiger partial charge in [-0.25, -0.2) is 0 Å². The molecule has 1 aromatic rings. The first-order valence-corrected chi connectivity index (χ1v) is 8.00. The quantitative estimate of drug-likeness (QED) is 0.925. The first-order valence-electron chi connectivity index (χ1n) is 8.00. The van der Waals surface area contributed by atoms with Crippen LogP contribution in [0.2, 0.25) is 0 Å². The number of nitrogens with two attached hydrogens (primary N) is 1. The van der Waals surface area contributed by atoms with E-state index in [4.69, 9.17) is 15.2 Å². The predicted molar refractivity (Wildman–Crippen MR) is 83.9 cm³/mol. The van der Waals surface area contributed by atoms with Crippen molar-refractivity contribution in [2.75, 3.05) is 26.7 Å². The summed E-state index contributed by atoms with van der Waals surface area (Å²) >= 11 is 0. The van der Waals surface area contributed by atoms with Gasteiger partial charge in [-0.3, -0.25) is 4.90 Å². The van der Waals surface area contributed by atoms with Crippen LogP contribution in [-0.2, 0) is 6.42 Å². The number of hydrogen-bond acceptors (Lipinski definition) is 4. The van der Waals surface area contributed by atoms with Crippen LogP contribution in [0.5, 0.6) is 11.5 Å². The fourth-order valence-electron chi connectivity index (χ4n) is 3.73. The van der Waals surface area contributed by atoms with Gasteiger partial charge in [0, 0.05) is 23.6 Å². The summed E-state index contributed by atoms with van der Waals surface area (Å²) in [6.45, 7) is 6.65. The first kappa shape index (κ1) is 14.7. The van der Waals surface area contributed by atoms with E-state index in [1.165, 1.54) is 11.1 Å². The fraction of sp³-hybridized carbons (Fsp3) is 0.647. The smallest absolute Gasteiger partial charge is 0.124 e. The van der Waals surface area contributed by atoms with Crippen molar-refractivity contribution in [1.82, 2.24) is 4.90 Å². The maximum atomic E-state index is 5.98. The maximum Gasteiger partial charge on any atom is 0.124 e. The lowest BCUT2D eigenvalue weighted by atomic mass is 9.92. The monoisotopic (exact) mass is 290 g/mol. The lowest BCUT2D eigenvalue weighted by molar-refractivity contribution is 0.249. The number of hydrogen-bond donors (Lipinski definition) is 1. The molecular formula is C17H26N2O2. The molecule has 21 heavy (non-hydrogen) atoms. The van der Waals surface area contributed by atoms with Crippen LogP contribution in [0.3, 0.4) is 0 Å². The van der Waals surface area contributed by atoms with Crippen molar-refractivity contribution < 1.29 is 9.47 Å². The second kappa shape index (κ2) is 5.85. The molecule has 2 N–H and O–H groups in total. The molecule has 0 aliphatic carbocycles. The van der Waals surface area contributed by atoms with Gasteiger partial charge in [0.1, 0.15) is 17.6 Å². The van der Waals surface area contributed by atoms with Gasteiger partial charge in [-0.1, -0.05) is 0 Å². The zero-order chi connectivity index (χ0) is 15.0. The number of likely N-dealkylation sites (tertiary alicyclic amines) is 1. The standard InChI is InChI=1S/C17H26N2O2/c1-4-20-16-8-13-7-11(2)21-15(13)9-14(16)17-12(10-18)5-6-19(17)3/h8-9,11-12,17H,4-7,10,18H2,1-3H3. The summed E-state index contributed by atoms with van der Waals surface area (Å²) < 4.78 is 11.9. The Morgan fingerprint density at radius 2 is 2.24 bits per heavy atom. The van der Waals surface area contributed by atoms with Crippen LogP contribution >= 0.6 is 0 Å². The summed E-state index contributed by atoms with van der Waals surface area (Å²) in [4.78, 5) is 2.39. The van der Waals surface area contributed by atoms with Crippen LogP contribution in [0, 0.1) is 5.92 Å². The van der Waals surface area contributed by atoms with E-state index < -0.39 is 0 Å². The molecule has 2 heterocycles. The van der Waals surface area contributed by atoms with Gasteiger partial charge >= 0.3 is 0 Å². The lowest BCUT2D eigenvalue weighted by Crippen LogP contribution is -2.25. The van der Waals surface area contributed by atoms with E-state index in [1.54, 1.807) is 0 Å². The Balaban J connectivity index is 2.02. The highest BCUT2D eigenvalue weighted by molar-refractivity contribution is 5.50. The molecule has 0 radical (unpaired) electrons. The predicted octanol–water partition coefficient (Wildman–Crippen LogP) is 2.36. The molecule has 1 saturated heterocycles. The Morgan fingerprint density at radius 1 is 1.43 bits per heavy atom. The third-order valence-electron chi connectivity index (χ3n) is 4.72. The van der Waals surface area contributed by atoms with Gasteiger partial charge in [0.2, 0.25) is 0 Å². The molecule has 3 unspecified atom stereocenters. The highest BCUT2D eigenvalue weighted by Gasteiger charge is 2.35. The molecule has 0 amide bonds. The molecule has 1 aromatic carbocycles. The number of rotatable bonds is 4. The molecule has 116 valence electrons. The van der Waals surface area contributed by atoms with Gasteiger partial charge in [0.25, 0.3) is 0 Å². The van der Waals surface area contributed by atoms with E-state index in [0.717, 1.165) is 37.4 Å². The minimum absolute atomic E-state index is 0.260. The summed E-state index contributed by atoms with van der Waals surface area (Å²) in [7, 11) is 2.17. The van der Waals surface area contributed by atoms with Crippen molar-refractivity contribution in [2.24, 2.45) is 11.7 Å². The van der Waals surface area contributed by atoms with Gasteiger partial charge in [0.15, 0.2) is 0 Å². The molecule has 0 saturated carbocycles. The van der Waals surface area contributed by atoms with E-state index in [9.17, 15) is 0 Å². The molecule has 4 nitrogen and oxygen atoms in total. The van der Waals surface area contributed by atoms with E-state index in [-0.39, 0.29) is 6.10 Å². The van der Waals surface area contributed by atoms with E-state index in [1.807, 2.05) is 6.92 Å². The molecule has 0 aromatic heterocycles. The third-order valence-corrected chi connectivity index (χ3v) is 4.72. The summed E-state index contributed by atoms with van der Waals surface area (Å²) in [5, 5.41) is 0. The average Bonchev–Trinajstić information content (AvgIpc) is 2.99. The van der Waals surface area contributed by atoms with E-state index >= 15 is 0 Å². The van der Waals surface area contributed by atoms with Gasteiger partial charge in [0.05, 0.1) is 6.61 Å². The summed E-state index contributed by atoms with van der Waals surface area (Å²) in [5.41, 5.74) is 8.48. The van der Waals surface area contributed by atoms with Crippen LogP contribution in [0.25, 0.3) is 0 Å². The number of ether oxygens (including phenoxy) is 2. The number of benzene rings is 1. The highest BCUT2D eigenvalue weighted by atomic mass is 16.5. The molecule has 1 fully saturated rings. The summed E-state index contributed by atoms with van der Waals surface area (Å²) in [6, 6.07) is 4.71. The van der Waals surface area contributed by atoms with Crippen molar-refractivity contribution in [3.8, 4) is 11.5 Å². The van der Waals surface area contributed by atoms with Gasteiger partial charge in [-0.15, -0.1) is 0 Å². The first-order chi connectivity index (χ1) is 10.1. The Bertz CT molecular complexity index is 518. The summed E-state index contributed by atoms with van der Waals surface area (Å²) in [5.74, 6) is 2.52. The van der Waals surface area contributed by atoms with Crippen molar-refractivity contribution in [2.45, 2.75) is 38.8 Å². The van der Waals surface area contributed by atoms with Crippen molar-refractivity contribution in [3.05, 3.63) is 23.3 Å². The average molecular weight is 290 g/mol. The van der Waals surface area contributed by atoms with Gasteiger partial charge in [-0.05, 0) is 58.5 Å². The van der Waals surface area contributed by atoms with Crippen LogP contribution in [0.4, 0.5) is 0 Å². The highest BCUT2D eigenvalue weighted by Crippen LogP contribution is 2.44. The van der Waals surface area contributed by atoms with Crippen molar-refractivity contribution >= 4 is 0 Å². The second-order valence-corrected chi connectivity index (χ2v) is 6.27. The minimum atomic E-state index is 0.260. The summed E-state index contributed by atoms with van der Waals surface area (Å²) in [6.07, 6.45) is 2.38. The van der Waals surface area contributed by atoms with E-state index in [0.29, 0.717) is 18.6 Å². The molecule has 3 atom stereocenters. The molecular weight excluding hydrogens is 264 g/mol. The Hall–Kier alpha value is -1.26. The third kappa shape index (κ3) is 2.62. The fourth-order valence-corrected chi connectivity index (χ4v) is 3.73. The van der Waals surface area contributed by atoms with Crippen molar-refractivity contribution in [3.63, 3.8) is 0 Å². The molecule has 3 rings (SSSR count). The minimum Gasteiger partial charge on any atom is -0.494 e. The zero-order valence-corrected chi connectivity index (χ0v) is 13.3. The Labute approximate surface area is 127 Å². The van der Waals surface area contributed by atoms with Crippen LogP contribution in [0.15, 0.2) is 12.1 Å². The molecule has 0 spiro atoms. The van der Waals surface area contributed by atoms with Crippen LogP contribution < -0.4 is 15.2 Å². The number of fused-ring (bicyclic) bond motifs is 1. The maximum absolute atomic E-state index is 5.98. The Morgan fingerprint density at radius 3 is 2.95 bits per heavy atom. The second-order valence-electron chi connectivity index (χ2n) is 6.27. The normalized spacial score (nSPS) is 28.5. The lowest BCUT2D eigenvalue weighted by Gasteiger charge is -2.27. The number of nitrogens with zero attached hydrogens (tertiary/aromatic N) is 1. The Kier molecular flexibility index (Phi) is 4.09. The molecule has 2 aliphatic rings. The topological polar surface area (TPSA) is 47.7 Å². The van der Waals surface area contributed by atoms with Crippen LogP contribution in [-0.4, -0.2) is 37.7 Å². The van der Waals surface area contributed by atoms with Crippen LogP contribution in [0.1, 0.15) is 37.4 Å². The van der Waals surface area contributed by atoms with E-state index in [2.05, 4.69) is 31.0 Å². The van der Waals surface area contributed by atoms with Gasteiger partial charge in [-0.2, -0.15) is 0 Å². The van der Waals surface area contributed by atoms with Gasteiger partial charge < -0.3 is 15.2 Å². The molecule has 0 bridgehead atoms. The molecule has 4 heteroatoms.